The van der Waals surface area contributed by atoms with Crippen LogP contribution in [-0.4, -0.2) is 16.1 Å². The molecule has 0 atom stereocenters. The highest BCUT2D eigenvalue weighted by Crippen LogP contribution is 2.27. The van der Waals surface area contributed by atoms with Gasteiger partial charge in [0.15, 0.2) is 0 Å². The lowest BCUT2D eigenvalue weighted by atomic mass is 10.0. The predicted molar refractivity (Wildman–Crippen MR) is 94.8 cm³/mol. The highest BCUT2D eigenvalue weighted by Gasteiger charge is 2.19. The van der Waals surface area contributed by atoms with Crippen molar-refractivity contribution in [2.45, 2.75) is 19.8 Å². The molecular formula is C16H16Cl2N4O. The minimum absolute atomic E-state index is 0.00726. The lowest BCUT2D eigenvalue weighted by Gasteiger charge is -2.11. The SMILES string of the molecule is CC(C)c1ccc(NC(=O)c2cnc(N)c(C(=N)Cl)c2Cl)cc1. The Morgan fingerprint density at radius 2 is 1.91 bits per heavy atom. The zero-order valence-electron chi connectivity index (χ0n) is 12.7. The van der Waals surface area contributed by atoms with E-state index in [-0.39, 0.29) is 27.1 Å². The van der Waals surface area contributed by atoms with Crippen LogP contribution in [0.25, 0.3) is 0 Å². The number of nitrogen functional groups attached to an aromatic ring is 1. The molecule has 4 N–H and O–H groups in total. The molecule has 7 heteroatoms. The van der Waals surface area contributed by atoms with Crippen LogP contribution in [0.3, 0.4) is 0 Å². The Bertz CT molecular complexity index is 757. The Morgan fingerprint density at radius 1 is 1.30 bits per heavy atom. The molecule has 1 aromatic carbocycles. The van der Waals surface area contributed by atoms with Crippen LogP contribution in [0.15, 0.2) is 30.5 Å². The maximum Gasteiger partial charge on any atom is 0.258 e. The van der Waals surface area contributed by atoms with Gasteiger partial charge in [-0.3, -0.25) is 10.2 Å². The minimum Gasteiger partial charge on any atom is -0.383 e. The van der Waals surface area contributed by atoms with Gasteiger partial charge in [-0.05, 0) is 23.6 Å². The Hall–Kier alpha value is -2.11. The Morgan fingerprint density at radius 3 is 2.43 bits per heavy atom. The van der Waals surface area contributed by atoms with Gasteiger partial charge in [-0.15, -0.1) is 0 Å². The van der Waals surface area contributed by atoms with Crippen LogP contribution < -0.4 is 11.1 Å². The molecule has 1 heterocycles. The maximum atomic E-state index is 12.3. The van der Waals surface area contributed by atoms with Gasteiger partial charge in [0, 0.05) is 11.9 Å². The first-order valence-corrected chi connectivity index (χ1v) is 7.66. The van der Waals surface area contributed by atoms with E-state index in [2.05, 4.69) is 24.1 Å². The van der Waals surface area contributed by atoms with E-state index in [1.165, 1.54) is 11.8 Å². The molecule has 1 amide bonds. The molecule has 0 saturated carbocycles. The van der Waals surface area contributed by atoms with Gasteiger partial charge in [0.25, 0.3) is 5.91 Å². The molecule has 0 aliphatic heterocycles. The third kappa shape index (κ3) is 3.81. The fourth-order valence-electron chi connectivity index (χ4n) is 2.02. The van der Waals surface area contributed by atoms with E-state index in [1.54, 1.807) is 0 Å². The van der Waals surface area contributed by atoms with E-state index in [0.29, 0.717) is 11.6 Å². The van der Waals surface area contributed by atoms with Crippen LogP contribution in [0.5, 0.6) is 0 Å². The second kappa shape index (κ2) is 6.98. The Kier molecular flexibility index (Phi) is 5.23. The number of hydrogen-bond acceptors (Lipinski definition) is 4. The van der Waals surface area contributed by atoms with E-state index < -0.39 is 5.91 Å². The molecule has 0 spiro atoms. The van der Waals surface area contributed by atoms with Crippen molar-refractivity contribution in [2.24, 2.45) is 0 Å². The van der Waals surface area contributed by atoms with Crippen molar-refractivity contribution in [2.75, 3.05) is 11.1 Å². The van der Waals surface area contributed by atoms with E-state index in [4.69, 9.17) is 34.3 Å². The van der Waals surface area contributed by atoms with E-state index in [1.807, 2.05) is 24.3 Å². The topological polar surface area (TPSA) is 91.9 Å². The van der Waals surface area contributed by atoms with Crippen molar-refractivity contribution in [1.82, 2.24) is 4.98 Å². The Labute approximate surface area is 144 Å². The molecule has 0 aliphatic carbocycles. The largest absolute Gasteiger partial charge is 0.383 e. The molecular weight excluding hydrogens is 335 g/mol. The molecule has 0 unspecified atom stereocenters. The van der Waals surface area contributed by atoms with Gasteiger partial charge < -0.3 is 11.1 Å². The first-order chi connectivity index (χ1) is 10.8. The zero-order chi connectivity index (χ0) is 17.1. The second-order valence-electron chi connectivity index (χ2n) is 5.29. The number of aromatic nitrogens is 1. The Balaban J connectivity index is 2.27. The van der Waals surface area contributed by atoms with Crippen LogP contribution in [0, 0.1) is 5.41 Å². The molecule has 23 heavy (non-hydrogen) atoms. The second-order valence-corrected chi connectivity index (χ2v) is 6.05. The van der Waals surface area contributed by atoms with E-state index in [0.717, 1.165) is 0 Å². The summed E-state index contributed by atoms with van der Waals surface area (Å²) in [5.74, 6) is -0.0282. The quantitative estimate of drug-likeness (QED) is 0.719. The number of rotatable bonds is 4. The lowest BCUT2D eigenvalue weighted by Crippen LogP contribution is -2.15. The summed E-state index contributed by atoms with van der Waals surface area (Å²) in [5.41, 5.74) is 7.60. The maximum absolute atomic E-state index is 12.3. The van der Waals surface area contributed by atoms with Crippen molar-refractivity contribution >= 4 is 45.8 Å². The number of benzene rings is 1. The van der Waals surface area contributed by atoms with Gasteiger partial charge in [-0.25, -0.2) is 4.98 Å². The van der Waals surface area contributed by atoms with Crippen molar-refractivity contribution in [3.8, 4) is 0 Å². The highest BCUT2D eigenvalue weighted by molar-refractivity contribution is 6.70. The van der Waals surface area contributed by atoms with Crippen molar-refractivity contribution in [3.63, 3.8) is 0 Å². The molecule has 120 valence electrons. The smallest absolute Gasteiger partial charge is 0.258 e. The summed E-state index contributed by atoms with van der Waals surface area (Å²) in [7, 11) is 0. The van der Waals surface area contributed by atoms with Gasteiger partial charge in [0.05, 0.1) is 16.1 Å². The summed E-state index contributed by atoms with van der Waals surface area (Å²) >= 11 is 11.8. The molecule has 0 fully saturated rings. The standard InChI is InChI=1S/C16H16Cl2N4O/c1-8(2)9-3-5-10(6-4-9)22-16(23)11-7-21-15(20)12(13(11)17)14(18)19/h3-8,19H,1-2H3,(H2,20,21)(H,22,23). The summed E-state index contributed by atoms with van der Waals surface area (Å²) in [6, 6.07) is 7.53. The minimum atomic E-state index is -0.445. The highest BCUT2D eigenvalue weighted by atomic mass is 35.5. The molecule has 0 aliphatic rings. The molecule has 5 nitrogen and oxygen atoms in total. The van der Waals surface area contributed by atoms with E-state index in [9.17, 15) is 4.79 Å². The molecule has 0 radical (unpaired) electrons. The van der Waals surface area contributed by atoms with Gasteiger partial charge in [0.1, 0.15) is 11.0 Å². The fourth-order valence-corrected chi connectivity index (χ4v) is 2.58. The van der Waals surface area contributed by atoms with Crippen molar-refractivity contribution in [3.05, 3.63) is 52.2 Å². The van der Waals surface area contributed by atoms with E-state index >= 15 is 0 Å². The van der Waals surface area contributed by atoms with Crippen molar-refractivity contribution < 1.29 is 4.79 Å². The number of carbonyl (C=O) groups excluding carboxylic acids is 1. The van der Waals surface area contributed by atoms with Crippen LogP contribution in [0.4, 0.5) is 11.5 Å². The fraction of sp³-hybridized carbons (Fsp3) is 0.188. The number of hydrogen-bond donors (Lipinski definition) is 3. The molecule has 1 aromatic heterocycles. The number of nitrogens with two attached hydrogens (primary N) is 1. The summed E-state index contributed by atoms with van der Waals surface area (Å²) in [4.78, 5) is 16.2. The number of carbonyl (C=O) groups is 1. The van der Waals surface area contributed by atoms with Crippen LogP contribution in [-0.2, 0) is 0 Å². The number of nitrogens with one attached hydrogen (secondary N) is 2. The third-order valence-corrected chi connectivity index (χ3v) is 3.93. The van der Waals surface area contributed by atoms with Crippen LogP contribution in [0.1, 0.15) is 41.3 Å². The number of halogens is 2. The number of anilines is 2. The summed E-state index contributed by atoms with van der Waals surface area (Å²) in [6.07, 6.45) is 1.26. The summed E-state index contributed by atoms with van der Waals surface area (Å²) in [6.45, 7) is 4.19. The van der Waals surface area contributed by atoms with Gasteiger partial charge in [-0.1, -0.05) is 49.2 Å². The summed E-state index contributed by atoms with van der Waals surface area (Å²) < 4.78 is 0. The predicted octanol–water partition coefficient (Wildman–Crippen LogP) is 4.26. The first kappa shape index (κ1) is 17.2. The number of pyridine rings is 1. The van der Waals surface area contributed by atoms with Crippen molar-refractivity contribution in [1.29, 1.82) is 5.41 Å². The van der Waals surface area contributed by atoms with Gasteiger partial charge in [-0.2, -0.15) is 0 Å². The zero-order valence-corrected chi connectivity index (χ0v) is 14.2. The molecule has 0 bridgehead atoms. The molecule has 2 aromatic rings. The molecule has 0 saturated heterocycles. The number of amides is 1. The summed E-state index contributed by atoms with van der Waals surface area (Å²) in [5, 5.41) is 9.85. The monoisotopic (exact) mass is 350 g/mol. The van der Waals surface area contributed by atoms with Gasteiger partial charge in [0.2, 0.25) is 0 Å². The molecule has 2 rings (SSSR count). The average molecular weight is 351 g/mol. The third-order valence-electron chi connectivity index (χ3n) is 3.34. The lowest BCUT2D eigenvalue weighted by molar-refractivity contribution is 0.102. The number of nitrogens with zero attached hydrogens (tertiary/aromatic N) is 1. The normalized spacial score (nSPS) is 10.7. The van der Waals surface area contributed by atoms with Crippen LogP contribution in [0.2, 0.25) is 5.02 Å². The average Bonchev–Trinajstić information content (AvgIpc) is 2.47. The van der Waals surface area contributed by atoms with Crippen LogP contribution >= 0.6 is 23.2 Å². The first-order valence-electron chi connectivity index (χ1n) is 6.91. The van der Waals surface area contributed by atoms with Gasteiger partial charge >= 0.3 is 0 Å².